The minimum absolute atomic E-state index is 0.119. The maximum atomic E-state index is 13.8. The van der Waals surface area contributed by atoms with Crippen molar-refractivity contribution in [3.8, 4) is 17.2 Å². The number of hydrogen-bond donors (Lipinski definition) is 1. The number of carbonyl (C=O) groups is 2. The molecule has 0 radical (unpaired) electrons. The molecular weight excluding hydrogens is 427 g/mol. The number of nitrogens with one attached hydrogen (secondary N) is 1. The monoisotopic (exact) mass is 450 g/mol. The third-order valence-electron chi connectivity index (χ3n) is 4.59. The van der Waals surface area contributed by atoms with E-state index >= 15 is 0 Å². The molecule has 0 saturated carbocycles. The molecule has 0 heterocycles. The fourth-order valence-corrected chi connectivity index (χ4v) is 2.85. The van der Waals surface area contributed by atoms with Crippen molar-refractivity contribution in [3.05, 3.63) is 88.7 Å². The van der Waals surface area contributed by atoms with Crippen LogP contribution in [-0.4, -0.2) is 31.8 Å². The van der Waals surface area contributed by atoms with E-state index in [1.807, 2.05) is 32.0 Å². The molecule has 3 rings (SSSR count). The lowest BCUT2D eigenvalue weighted by Gasteiger charge is -2.10. The zero-order chi connectivity index (χ0) is 23.8. The first-order valence-corrected chi connectivity index (χ1v) is 10.0. The Kier molecular flexibility index (Phi) is 7.75. The highest BCUT2D eigenvalue weighted by Crippen LogP contribution is 2.28. The molecular formula is C25H23FN2O5. The van der Waals surface area contributed by atoms with Crippen molar-refractivity contribution in [1.82, 2.24) is 5.43 Å². The first-order valence-electron chi connectivity index (χ1n) is 10.0. The zero-order valence-corrected chi connectivity index (χ0v) is 18.4. The number of halogens is 1. The van der Waals surface area contributed by atoms with E-state index in [0.29, 0.717) is 11.3 Å². The largest absolute Gasteiger partial charge is 0.493 e. The number of esters is 1. The first-order chi connectivity index (χ1) is 15.9. The quantitative estimate of drug-likeness (QED) is 0.241. The van der Waals surface area contributed by atoms with Crippen LogP contribution in [0.15, 0.2) is 65.8 Å². The number of hydrazone groups is 1. The molecule has 0 spiro atoms. The second kappa shape index (κ2) is 10.9. The lowest BCUT2D eigenvalue weighted by Crippen LogP contribution is -2.24. The third-order valence-corrected chi connectivity index (χ3v) is 4.59. The highest BCUT2D eigenvalue weighted by Gasteiger charge is 2.16. The second-order valence-electron chi connectivity index (χ2n) is 7.13. The van der Waals surface area contributed by atoms with Gasteiger partial charge in [-0.3, -0.25) is 4.79 Å². The predicted molar refractivity (Wildman–Crippen MR) is 122 cm³/mol. The van der Waals surface area contributed by atoms with E-state index in [1.54, 1.807) is 12.1 Å². The lowest BCUT2D eigenvalue weighted by molar-refractivity contribution is -0.123. The summed E-state index contributed by atoms with van der Waals surface area (Å²) in [5.74, 6) is -0.942. The van der Waals surface area contributed by atoms with Crippen molar-refractivity contribution >= 4 is 18.1 Å². The standard InChI is InChI=1S/C25H23FN2O5/c1-16-8-9-17(2)22(12-16)32-15-24(29)28-27-14-18-10-11-21(23(13-18)31-3)33-25(30)19-6-4-5-7-20(19)26/h4-14H,15H2,1-3H3,(H,28,29)/b27-14+. The number of hydrogen-bond acceptors (Lipinski definition) is 6. The predicted octanol–water partition coefficient (Wildman–Crippen LogP) is 4.20. The number of benzene rings is 3. The molecule has 8 heteroatoms. The highest BCUT2D eigenvalue weighted by molar-refractivity contribution is 5.92. The molecule has 3 aromatic carbocycles. The van der Waals surface area contributed by atoms with Crippen LogP contribution in [0.1, 0.15) is 27.0 Å². The molecule has 0 aromatic heterocycles. The van der Waals surface area contributed by atoms with Gasteiger partial charge in [0.2, 0.25) is 0 Å². The van der Waals surface area contributed by atoms with Crippen LogP contribution in [0.25, 0.3) is 0 Å². The van der Waals surface area contributed by atoms with Crippen LogP contribution in [0, 0.1) is 19.7 Å². The van der Waals surface area contributed by atoms with Crippen molar-refractivity contribution in [2.24, 2.45) is 5.10 Å². The van der Waals surface area contributed by atoms with Crippen molar-refractivity contribution in [3.63, 3.8) is 0 Å². The van der Waals surface area contributed by atoms with Gasteiger partial charge in [0.25, 0.3) is 5.91 Å². The number of rotatable bonds is 8. The highest BCUT2D eigenvalue weighted by atomic mass is 19.1. The maximum Gasteiger partial charge on any atom is 0.346 e. The van der Waals surface area contributed by atoms with Gasteiger partial charge in [-0.15, -0.1) is 0 Å². The van der Waals surface area contributed by atoms with Gasteiger partial charge in [0.1, 0.15) is 11.6 Å². The molecule has 0 aliphatic heterocycles. The summed E-state index contributed by atoms with van der Waals surface area (Å²) in [7, 11) is 1.41. The smallest absolute Gasteiger partial charge is 0.346 e. The van der Waals surface area contributed by atoms with Gasteiger partial charge >= 0.3 is 5.97 Å². The zero-order valence-electron chi connectivity index (χ0n) is 18.4. The van der Waals surface area contributed by atoms with Crippen LogP contribution in [-0.2, 0) is 4.79 Å². The van der Waals surface area contributed by atoms with Gasteiger partial charge in [0.05, 0.1) is 18.9 Å². The number of ether oxygens (including phenoxy) is 3. The van der Waals surface area contributed by atoms with E-state index in [4.69, 9.17) is 14.2 Å². The summed E-state index contributed by atoms with van der Waals surface area (Å²) < 4.78 is 29.8. The Morgan fingerprint density at radius 1 is 1.00 bits per heavy atom. The molecule has 0 atom stereocenters. The van der Waals surface area contributed by atoms with E-state index in [9.17, 15) is 14.0 Å². The van der Waals surface area contributed by atoms with E-state index in [0.717, 1.165) is 11.1 Å². The van der Waals surface area contributed by atoms with Gasteiger partial charge in [0.15, 0.2) is 18.1 Å². The Balaban J connectivity index is 1.58. The Morgan fingerprint density at radius 2 is 1.79 bits per heavy atom. The van der Waals surface area contributed by atoms with Gasteiger partial charge in [0, 0.05) is 0 Å². The molecule has 1 N–H and O–H groups in total. The van der Waals surface area contributed by atoms with Crippen LogP contribution in [0.3, 0.4) is 0 Å². The van der Waals surface area contributed by atoms with Crippen molar-refractivity contribution in [2.45, 2.75) is 13.8 Å². The Labute approximate surface area is 190 Å². The van der Waals surface area contributed by atoms with Crippen LogP contribution < -0.4 is 19.6 Å². The van der Waals surface area contributed by atoms with Gasteiger partial charge in [-0.05, 0) is 66.9 Å². The molecule has 0 fully saturated rings. The van der Waals surface area contributed by atoms with Gasteiger partial charge in [-0.1, -0.05) is 24.3 Å². The molecule has 33 heavy (non-hydrogen) atoms. The summed E-state index contributed by atoms with van der Waals surface area (Å²) in [5.41, 5.74) is 4.74. The molecule has 7 nitrogen and oxygen atoms in total. The molecule has 0 saturated heterocycles. The number of nitrogens with zero attached hydrogens (tertiary/aromatic N) is 1. The van der Waals surface area contributed by atoms with E-state index in [1.165, 1.54) is 43.7 Å². The summed E-state index contributed by atoms with van der Waals surface area (Å²) in [6.07, 6.45) is 1.40. The normalized spacial score (nSPS) is 10.7. The Morgan fingerprint density at radius 3 is 2.55 bits per heavy atom. The fraction of sp³-hybridized carbons (Fsp3) is 0.160. The van der Waals surface area contributed by atoms with Crippen LogP contribution in [0.2, 0.25) is 0 Å². The summed E-state index contributed by atoms with van der Waals surface area (Å²) in [5, 5.41) is 3.90. The summed E-state index contributed by atoms with van der Waals surface area (Å²) in [4.78, 5) is 24.2. The van der Waals surface area contributed by atoms with Crippen molar-refractivity contribution in [1.29, 1.82) is 0 Å². The molecule has 0 unspecified atom stereocenters. The van der Waals surface area contributed by atoms with E-state index in [2.05, 4.69) is 10.5 Å². The summed E-state index contributed by atoms with van der Waals surface area (Å²) in [6, 6.07) is 15.9. The van der Waals surface area contributed by atoms with Crippen LogP contribution in [0.4, 0.5) is 4.39 Å². The number of carbonyl (C=O) groups excluding carboxylic acids is 2. The van der Waals surface area contributed by atoms with Crippen molar-refractivity contribution < 1.29 is 28.2 Å². The van der Waals surface area contributed by atoms with Gasteiger partial charge < -0.3 is 14.2 Å². The van der Waals surface area contributed by atoms with Crippen LogP contribution >= 0.6 is 0 Å². The molecule has 0 aliphatic carbocycles. The first kappa shape index (κ1) is 23.5. The second-order valence-corrected chi connectivity index (χ2v) is 7.13. The SMILES string of the molecule is COc1cc(/C=N/NC(=O)COc2cc(C)ccc2C)ccc1OC(=O)c1ccccc1F. The maximum absolute atomic E-state index is 13.8. The fourth-order valence-electron chi connectivity index (χ4n) is 2.85. The summed E-state index contributed by atoms with van der Waals surface area (Å²) >= 11 is 0. The topological polar surface area (TPSA) is 86.2 Å². The number of amides is 1. The number of methoxy groups -OCH3 is 1. The number of aryl methyl sites for hydroxylation is 2. The van der Waals surface area contributed by atoms with Crippen molar-refractivity contribution in [2.75, 3.05) is 13.7 Å². The lowest BCUT2D eigenvalue weighted by atomic mass is 10.1. The molecule has 0 aliphatic rings. The average Bonchev–Trinajstić information content (AvgIpc) is 2.80. The minimum atomic E-state index is -0.844. The van der Waals surface area contributed by atoms with Gasteiger partial charge in [-0.2, -0.15) is 5.10 Å². The van der Waals surface area contributed by atoms with Crippen LogP contribution in [0.5, 0.6) is 17.2 Å². The molecule has 1 amide bonds. The third kappa shape index (κ3) is 6.39. The molecule has 3 aromatic rings. The Bertz CT molecular complexity index is 1190. The van der Waals surface area contributed by atoms with E-state index in [-0.39, 0.29) is 23.7 Å². The van der Waals surface area contributed by atoms with Gasteiger partial charge in [-0.25, -0.2) is 14.6 Å². The molecule has 170 valence electrons. The minimum Gasteiger partial charge on any atom is -0.493 e. The Hall–Kier alpha value is -4.20. The average molecular weight is 450 g/mol. The molecule has 0 bridgehead atoms. The summed E-state index contributed by atoms with van der Waals surface area (Å²) in [6.45, 7) is 3.66. The van der Waals surface area contributed by atoms with E-state index < -0.39 is 17.7 Å².